The molecule has 0 spiro atoms. The van der Waals surface area contributed by atoms with Gasteiger partial charge in [-0.05, 0) is 35.4 Å². The van der Waals surface area contributed by atoms with Crippen LogP contribution in [0.25, 0.3) is 0 Å². The molecule has 1 amide bonds. The Morgan fingerprint density at radius 3 is 2.32 bits per heavy atom. The molecule has 0 aromatic heterocycles. The summed E-state index contributed by atoms with van der Waals surface area (Å²) in [6.45, 7) is 8.44. The van der Waals surface area contributed by atoms with Gasteiger partial charge >= 0.3 is 0 Å². The van der Waals surface area contributed by atoms with Gasteiger partial charge in [0.1, 0.15) is 0 Å². The van der Waals surface area contributed by atoms with E-state index < -0.39 is 0 Å². The summed E-state index contributed by atoms with van der Waals surface area (Å²) in [6, 6.07) is 16.4. The zero-order valence-corrected chi connectivity index (χ0v) is 13.9. The highest BCUT2D eigenvalue weighted by molar-refractivity contribution is 5.93. The Hall–Kier alpha value is -2.09. The van der Waals surface area contributed by atoms with Gasteiger partial charge in [0.2, 0.25) is 5.91 Å². The van der Waals surface area contributed by atoms with Crippen molar-refractivity contribution in [2.75, 3.05) is 5.32 Å². The van der Waals surface area contributed by atoms with E-state index in [9.17, 15) is 4.79 Å². The number of benzene rings is 2. The summed E-state index contributed by atoms with van der Waals surface area (Å²) in [6.07, 6.45) is 0.496. The molecule has 22 heavy (non-hydrogen) atoms. The maximum absolute atomic E-state index is 12.4. The SMILES string of the molecule is Cc1cccc(C(C)C)c1NC(=O)CC(C)c1ccccc1. The first-order valence-electron chi connectivity index (χ1n) is 7.93. The number of carbonyl (C=O) groups is 1. The molecule has 0 saturated heterocycles. The van der Waals surface area contributed by atoms with Crippen LogP contribution in [-0.4, -0.2) is 5.91 Å². The third-order valence-corrected chi connectivity index (χ3v) is 4.05. The Morgan fingerprint density at radius 1 is 1.00 bits per heavy atom. The van der Waals surface area contributed by atoms with Gasteiger partial charge in [-0.15, -0.1) is 0 Å². The maximum atomic E-state index is 12.4. The number of anilines is 1. The van der Waals surface area contributed by atoms with Gasteiger partial charge < -0.3 is 5.32 Å². The lowest BCUT2D eigenvalue weighted by Crippen LogP contribution is -2.16. The third-order valence-electron chi connectivity index (χ3n) is 4.05. The average molecular weight is 295 g/mol. The van der Waals surface area contributed by atoms with Crippen LogP contribution in [0.5, 0.6) is 0 Å². The smallest absolute Gasteiger partial charge is 0.224 e. The molecule has 116 valence electrons. The normalized spacial score (nSPS) is 12.2. The lowest BCUT2D eigenvalue weighted by Gasteiger charge is -2.18. The molecule has 2 nitrogen and oxygen atoms in total. The fraction of sp³-hybridized carbons (Fsp3) is 0.350. The maximum Gasteiger partial charge on any atom is 0.224 e. The molecule has 0 bridgehead atoms. The largest absolute Gasteiger partial charge is 0.326 e. The highest BCUT2D eigenvalue weighted by Crippen LogP contribution is 2.28. The van der Waals surface area contributed by atoms with Gasteiger partial charge in [0.15, 0.2) is 0 Å². The molecule has 1 atom stereocenters. The van der Waals surface area contributed by atoms with Crippen LogP contribution in [0.15, 0.2) is 48.5 Å². The van der Waals surface area contributed by atoms with E-state index in [1.165, 1.54) is 11.1 Å². The van der Waals surface area contributed by atoms with Crippen molar-refractivity contribution in [2.24, 2.45) is 0 Å². The molecule has 2 rings (SSSR count). The molecule has 2 aromatic carbocycles. The molecule has 0 fully saturated rings. The molecule has 0 aliphatic rings. The summed E-state index contributed by atoms with van der Waals surface area (Å²) in [5.41, 5.74) is 4.49. The molecule has 0 aliphatic heterocycles. The van der Waals surface area contributed by atoms with Crippen LogP contribution >= 0.6 is 0 Å². The van der Waals surface area contributed by atoms with Gasteiger partial charge in [-0.2, -0.15) is 0 Å². The van der Waals surface area contributed by atoms with Crippen molar-refractivity contribution < 1.29 is 4.79 Å². The Balaban J connectivity index is 2.10. The lowest BCUT2D eigenvalue weighted by molar-refractivity contribution is -0.116. The van der Waals surface area contributed by atoms with Crippen LogP contribution < -0.4 is 5.32 Å². The summed E-state index contributed by atoms with van der Waals surface area (Å²) in [7, 11) is 0. The molecule has 0 aliphatic carbocycles. The van der Waals surface area contributed by atoms with E-state index in [1.54, 1.807) is 0 Å². The Labute approximate surface area is 133 Å². The molecule has 1 unspecified atom stereocenters. The molecule has 0 saturated carbocycles. The number of amides is 1. The van der Waals surface area contributed by atoms with Crippen LogP contribution in [0.3, 0.4) is 0 Å². The van der Waals surface area contributed by atoms with Crippen LogP contribution in [0.4, 0.5) is 5.69 Å². The fourth-order valence-corrected chi connectivity index (χ4v) is 2.71. The lowest BCUT2D eigenvalue weighted by atomic mass is 9.96. The van der Waals surface area contributed by atoms with E-state index in [-0.39, 0.29) is 11.8 Å². The first-order chi connectivity index (χ1) is 10.5. The van der Waals surface area contributed by atoms with Crippen molar-refractivity contribution >= 4 is 11.6 Å². The monoisotopic (exact) mass is 295 g/mol. The zero-order chi connectivity index (χ0) is 16.1. The number of aryl methyl sites for hydroxylation is 1. The van der Waals surface area contributed by atoms with Crippen molar-refractivity contribution in [1.29, 1.82) is 0 Å². The standard InChI is InChI=1S/C20H25NO/c1-14(2)18-12-8-9-15(3)20(18)21-19(22)13-16(4)17-10-6-5-7-11-17/h5-12,14,16H,13H2,1-4H3,(H,21,22). The second kappa shape index (κ2) is 7.26. The number of carbonyl (C=O) groups excluding carboxylic acids is 1. The predicted molar refractivity (Wildman–Crippen MR) is 93.4 cm³/mol. The summed E-state index contributed by atoms with van der Waals surface area (Å²) in [5.74, 6) is 0.682. The first-order valence-corrected chi connectivity index (χ1v) is 7.93. The molecule has 0 radical (unpaired) electrons. The second-order valence-electron chi connectivity index (χ2n) is 6.26. The number of para-hydroxylation sites is 1. The molecular weight excluding hydrogens is 270 g/mol. The number of hydrogen-bond donors (Lipinski definition) is 1. The number of rotatable bonds is 5. The van der Waals surface area contributed by atoms with E-state index in [0.29, 0.717) is 12.3 Å². The van der Waals surface area contributed by atoms with Crippen molar-refractivity contribution in [3.8, 4) is 0 Å². The van der Waals surface area contributed by atoms with E-state index in [1.807, 2.05) is 37.3 Å². The summed E-state index contributed by atoms with van der Waals surface area (Å²) in [4.78, 5) is 12.4. The first kappa shape index (κ1) is 16.3. The Kier molecular flexibility index (Phi) is 5.37. The molecule has 0 heterocycles. The van der Waals surface area contributed by atoms with Crippen LogP contribution in [-0.2, 0) is 4.79 Å². The summed E-state index contributed by atoms with van der Waals surface area (Å²) in [5, 5.41) is 3.12. The molecule has 2 heteroatoms. The van der Waals surface area contributed by atoms with Gasteiger partial charge in [-0.3, -0.25) is 4.79 Å². The van der Waals surface area contributed by atoms with Crippen molar-refractivity contribution in [3.05, 3.63) is 65.2 Å². The number of hydrogen-bond acceptors (Lipinski definition) is 1. The van der Waals surface area contributed by atoms with Crippen LogP contribution in [0, 0.1) is 6.92 Å². The minimum atomic E-state index is 0.0764. The van der Waals surface area contributed by atoms with Gasteiger partial charge in [-0.1, -0.05) is 69.3 Å². The summed E-state index contributed by atoms with van der Waals surface area (Å²) < 4.78 is 0. The zero-order valence-electron chi connectivity index (χ0n) is 13.9. The van der Waals surface area contributed by atoms with Gasteiger partial charge in [-0.25, -0.2) is 0 Å². The quantitative estimate of drug-likeness (QED) is 0.802. The van der Waals surface area contributed by atoms with Crippen molar-refractivity contribution in [3.63, 3.8) is 0 Å². The second-order valence-corrected chi connectivity index (χ2v) is 6.26. The van der Waals surface area contributed by atoms with Crippen molar-refractivity contribution in [2.45, 2.75) is 46.0 Å². The minimum Gasteiger partial charge on any atom is -0.326 e. The Morgan fingerprint density at radius 2 is 1.68 bits per heavy atom. The van der Waals surface area contributed by atoms with Crippen LogP contribution in [0.2, 0.25) is 0 Å². The van der Waals surface area contributed by atoms with Gasteiger partial charge in [0.25, 0.3) is 0 Å². The fourth-order valence-electron chi connectivity index (χ4n) is 2.71. The van der Waals surface area contributed by atoms with E-state index >= 15 is 0 Å². The van der Waals surface area contributed by atoms with Crippen LogP contribution in [0.1, 0.15) is 55.7 Å². The van der Waals surface area contributed by atoms with Gasteiger partial charge in [0, 0.05) is 12.1 Å². The third kappa shape index (κ3) is 3.97. The predicted octanol–water partition coefficient (Wildman–Crippen LogP) is 5.25. The molecule has 1 N–H and O–H groups in total. The molecule has 2 aromatic rings. The van der Waals surface area contributed by atoms with E-state index in [4.69, 9.17) is 0 Å². The van der Waals surface area contributed by atoms with Gasteiger partial charge in [0.05, 0.1) is 0 Å². The summed E-state index contributed by atoms with van der Waals surface area (Å²) >= 11 is 0. The molecular formula is C20H25NO. The minimum absolute atomic E-state index is 0.0764. The highest BCUT2D eigenvalue weighted by Gasteiger charge is 2.15. The Bertz CT molecular complexity index is 631. The average Bonchev–Trinajstić information content (AvgIpc) is 2.49. The van der Waals surface area contributed by atoms with E-state index in [0.717, 1.165) is 11.3 Å². The topological polar surface area (TPSA) is 29.1 Å². The van der Waals surface area contributed by atoms with E-state index in [2.05, 4.69) is 44.3 Å². The number of nitrogens with one attached hydrogen (secondary N) is 1. The van der Waals surface area contributed by atoms with Crippen molar-refractivity contribution in [1.82, 2.24) is 0 Å². The highest BCUT2D eigenvalue weighted by atomic mass is 16.1.